The van der Waals surface area contributed by atoms with Gasteiger partial charge in [-0.05, 0) is 24.1 Å². The SMILES string of the molecule is Cc1ccccc1[P](=O)Cc1ccccc1. The molecule has 16 heavy (non-hydrogen) atoms. The molecule has 0 saturated heterocycles. The predicted octanol–water partition coefficient (Wildman–Crippen LogP) is 3.65. The lowest BCUT2D eigenvalue weighted by molar-refractivity contribution is 0.592. The molecule has 1 unspecified atom stereocenters. The Balaban J connectivity index is 2.19. The van der Waals surface area contributed by atoms with Crippen molar-refractivity contribution in [3.63, 3.8) is 0 Å². The van der Waals surface area contributed by atoms with Gasteiger partial charge in [0.1, 0.15) is 7.80 Å². The number of hydrogen-bond donors (Lipinski definition) is 0. The Kier molecular flexibility index (Phi) is 3.48. The van der Waals surface area contributed by atoms with Crippen molar-refractivity contribution in [3.05, 3.63) is 65.7 Å². The van der Waals surface area contributed by atoms with E-state index in [1.165, 1.54) is 0 Å². The van der Waals surface area contributed by atoms with Gasteiger partial charge < -0.3 is 0 Å². The molecule has 0 heterocycles. The third-order valence-electron chi connectivity index (χ3n) is 2.55. The second-order valence-corrected chi connectivity index (χ2v) is 5.36. The molecular weight excluding hydrogens is 215 g/mol. The Morgan fingerprint density at radius 2 is 1.56 bits per heavy atom. The summed E-state index contributed by atoms with van der Waals surface area (Å²) in [5.41, 5.74) is 2.24. The van der Waals surface area contributed by atoms with E-state index >= 15 is 0 Å². The quantitative estimate of drug-likeness (QED) is 0.734. The first-order valence-electron chi connectivity index (χ1n) is 5.31. The normalized spacial score (nSPS) is 11.2. The van der Waals surface area contributed by atoms with E-state index in [2.05, 4.69) is 0 Å². The topological polar surface area (TPSA) is 17.1 Å². The van der Waals surface area contributed by atoms with E-state index in [1.54, 1.807) is 0 Å². The highest BCUT2D eigenvalue weighted by atomic mass is 31.1. The summed E-state index contributed by atoms with van der Waals surface area (Å²) in [6.45, 7) is 2.01. The van der Waals surface area contributed by atoms with Crippen LogP contribution in [0.5, 0.6) is 0 Å². The number of hydrogen-bond acceptors (Lipinski definition) is 1. The third-order valence-corrected chi connectivity index (χ3v) is 4.24. The van der Waals surface area contributed by atoms with E-state index in [9.17, 15) is 4.57 Å². The minimum atomic E-state index is -1.32. The van der Waals surface area contributed by atoms with Gasteiger partial charge in [0.2, 0.25) is 0 Å². The molecular formula is C14H14OP. The van der Waals surface area contributed by atoms with E-state index in [0.29, 0.717) is 6.16 Å². The van der Waals surface area contributed by atoms with Gasteiger partial charge in [-0.15, -0.1) is 0 Å². The van der Waals surface area contributed by atoms with Crippen molar-refractivity contribution in [1.82, 2.24) is 0 Å². The van der Waals surface area contributed by atoms with Crippen molar-refractivity contribution in [2.24, 2.45) is 0 Å². The summed E-state index contributed by atoms with van der Waals surface area (Å²) in [5.74, 6) is 0. The van der Waals surface area contributed by atoms with Crippen LogP contribution in [0.4, 0.5) is 0 Å². The van der Waals surface area contributed by atoms with Crippen molar-refractivity contribution >= 4 is 13.1 Å². The summed E-state index contributed by atoms with van der Waals surface area (Å²) in [6, 6.07) is 17.9. The summed E-state index contributed by atoms with van der Waals surface area (Å²) in [7, 11) is -1.32. The average Bonchev–Trinajstić information content (AvgIpc) is 2.31. The molecule has 2 aromatic rings. The Labute approximate surface area is 96.9 Å². The Morgan fingerprint density at radius 3 is 2.25 bits per heavy atom. The maximum Gasteiger partial charge on any atom is 0.109 e. The van der Waals surface area contributed by atoms with Crippen LogP contribution in [0.1, 0.15) is 11.1 Å². The molecule has 0 fully saturated rings. The lowest BCUT2D eigenvalue weighted by Gasteiger charge is -2.04. The molecule has 0 amide bonds. The molecule has 0 aromatic heterocycles. The highest BCUT2D eigenvalue weighted by Gasteiger charge is 2.07. The minimum absolute atomic E-state index is 0.626. The summed E-state index contributed by atoms with van der Waals surface area (Å²) in [4.78, 5) is 0. The Morgan fingerprint density at radius 1 is 0.938 bits per heavy atom. The Bertz CT molecular complexity index is 491. The molecule has 2 rings (SSSR count). The first kappa shape index (κ1) is 11.0. The van der Waals surface area contributed by atoms with Crippen LogP contribution in [0.2, 0.25) is 0 Å². The number of benzene rings is 2. The summed E-state index contributed by atoms with van der Waals surface area (Å²) in [6.07, 6.45) is 0.626. The minimum Gasteiger partial charge on any atom is -0.282 e. The molecule has 1 nitrogen and oxygen atoms in total. The maximum atomic E-state index is 12.2. The summed E-state index contributed by atoms with van der Waals surface area (Å²) < 4.78 is 12.2. The summed E-state index contributed by atoms with van der Waals surface area (Å²) >= 11 is 0. The second-order valence-electron chi connectivity index (χ2n) is 3.81. The van der Waals surface area contributed by atoms with Crippen LogP contribution in [0.25, 0.3) is 0 Å². The van der Waals surface area contributed by atoms with Gasteiger partial charge in [-0.3, -0.25) is 4.57 Å². The zero-order valence-electron chi connectivity index (χ0n) is 9.26. The molecule has 0 aliphatic rings. The van der Waals surface area contributed by atoms with Crippen molar-refractivity contribution in [2.45, 2.75) is 13.1 Å². The van der Waals surface area contributed by atoms with Gasteiger partial charge in [0.25, 0.3) is 0 Å². The van der Waals surface area contributed by atoms with E-state index in [4.69, 9.17) is 0 Å². The van der Waals surface area contributed by atoms with Crippen LogP contribution in [0, 0.1) is 6.92 Å². The van der Waals surface area contributed by atoms with Gasteiger partial charge in [0, 0.05) is 11.5 Å². The lowest BCUT2D eigenvalue weighted by atomic mass is 10.2. The zero-order valence-corrected chi connectivity index (χ0v) is 10.2. The standard InChI is InChI=1S/C14H14OP/c1-12-7-5-6-10-14(12)16(15)11-13-8-3-2-4-9-13/h2-10H,11H2,1H3. The first-order chi connectivity index (χ1) is 7.77. The van der Waals surface area contributed by atoms with E-state index in [1.807, 2.05) is 61.5 Å². The molecule has 0 saturated carbocycles. The van der Waals surface area contributed by atoms with Crippen LogP contribution in [-0.4, -0.2) is 0 Å². The predicted molar refractivity (Wildman–Crippen MR) is 68.6 cm³/mol. The van der Waals surface area contributed by atoms with Crippen molar-refractivity contribution < 1.29 is 4.57 Å². The van der Waals surface area contributed by atoms with Crippen molar-refractivity contribution in [2.75, 3.05) is 0 Å². The molecule has 81 valence electrons. The van der Waals surface area contributed by atoms with Gasteiger partial charge in [-0.1, -0.05) is 48.5 Å². The average molecular weight is 229 g/mol. The van der Waals surface area contributed by atoms with Crippen LogP contribution >= 0.6 is 7.80 Å². The molecule has 0 spiro atoms. The van der Waals surface area contributed by atoms with Gasteiger partial charge in [-0.25, -0.2) is 0 Å². The third kappa shape index (κ3) is 2.56. The summed E-state index contributed by atoms with van der Waals surface area (Å²) in [5, 5.41) is 0.973. The maximum absolute atomic E-state index is 12.2. The fourth-order valence-electron chi connectivity index (χ4n) is 1.68. The largest absolute Gasteiger partial charge is 0.282 e. The molecule has 1 radical (unpaired) electrons. The molecule has 0 aliphatic carbocycles. The van der Waals surface area contributed by atoms with Crippen molar-refractivity contribution in [3.8, 4) is 0 Å². The van der Waals surface area contributed by atoms with Gasteiger partial charge in [-0.2, -0.15) is 0 Å². The van der Waals surface area contributed by atoms with Crippen LogP contribution < -0.4 is 5.30 Å². The molecule has 0 aliphatic heterocycles. The monoisotopic (exact) mass is 229 g/mol. The van der Waals surface area contributed by atoms with E-state index < -0.39 is 7.80 Å². The molecule has 2 heteroatoms. The zero-order chi connectivity index (χ0) is 11.4. The van der Waals surface area contributed by atoms with Gasteiger partial charge in [0.15, 0.2) is 0 Å². The number of rotatable bonds is 3. The van der Waals surface area contributed by atoms with Crippen LogP contribution in [0.3, 0.4) is 0 Å². The van der Waals surface area contributed by atoms with Gasteiger partial charge >= 0.3 is 0 Å². The van der Waals surface area contributed by atoms with Crippen molar-refractivity contribution in [1.29, 1.82) is 0 Å². The fourth-order valence-corrected chi connectivity index (χ4v) is 3.11. The highest BCUT2D eigenvalue weighted by Crippen LogP contribution is 2.27. The van der Waals surface area contributed by atoms with Gasteiger partial charge in [0.05, 0.1) is 0 Å². The van der Waals surface area contributed by atoms with Crippen LogP contribution in [0.15, 0.2) is 54.6 Å². The smallest absolute Gasteiger partial charge is 0.109 e. The Hall–Kier alpha value is -1.46. The molecule has 2 aromatic carbocycles. The number of aryl methyl sites for hydroxylation is 1. The lowest BCUT2D eigenvalue weighted by Crippen LogP contribution is -2.01. The first-order valence-corrected chi connectivity index (χ1v) is 6.76. The van der Waals surface area contributed by atoms with E-state index in [-0.39, 0.29) is 0 Å². The van der Waals surface area contributed by atoms with E-state index in [0.717, 1.165) is 16.4 Å². The molecule has 0 bridgehead atoms. The molecule has 0 N–H and O–H groups in total. The second kappa shape index (κ2) is 5.05. The molecule has 1 atom stereocenters. The highest BCUT2D eigenvalue weighted by molar-refractivity contribution is 7.52. The fraction of sp³-hybridized carbons (Fsp3) is 0.143. The van der Waals surface area contributed by atoms with Crippen LogP contribution in [-0.2, 0) is 10.7 Å².